The van der Waals surface area contributed by atoms with Crippen molar-refractivity contribution in [3.63, 3.8) is 0 Å². The number of nitrogens with zero attached hydrogens (tertiary/aromatic N) is 2. The second-order valence-electron chi connectivity index (χ2n) is 7.25. The third kappa shape index (κ3) is 4.49. The fraction of sp³-hybridized carbons (Fsp3) is 0.174. The first kappa shape index (κ1) is 20.7. The first-order valence-electron chi connectivity index (χ1n) is 9.74. The summed E-state index contributed by atoms with van der Waals surface area (Å²) in [6.07, 6.45) is -0.0617. The van der Waals surface area contributed by atoms with E-state index in [-0.39, 0.29) is 18.9 Å². The Balaban J connectivity index is 1.61. The van der Waals surface area contributed by atoms with Gasteiger partial charge in [0.25, 0.3) is 5.56 Å². The molecule has 0 aliphatic rings. The van der Waals surface area contributed by atoms with Gasteiger partial charge < -0.3 is 5.32 Å². The maximum atomic E-state index is 13.2. The normalized spacial score (nSPS) is 11.0. The molecule has 0 bridgehead atoms. The molecule has 6 nitrogen and oxygen atoms in total. The Kier molecular flexibility index (Phi) is 5.81. The highest BCUT2D eigenvalue weighted by Crippen LogP contribution is 2.17. The van der Waals surface area contributed by atoms with E-state index in [9.17, 15) is 18.8 Å². The monoisotopic (exact) mass is 437 g/mol. The molecule has 2 aromatic carbocycles. The molecule has 0 radical (unpaired) electrons. The topological polar surface area (TPSA) is 73.1 Å². The summed E-state index contributed by atoms with van der Waals surface area (Å²) >= 11 is 1.27. The van der Waals surface area contributed by atoms with Crippen molar-refractivity contribution >= 4 is 33.1 Å². The summed E-state index contributed by atoms with van der Waals surface area (Å²) in [4.78, 5) is 38.3. The largest absolute Gasteiger partial charge is 0.331 e. The van der Waals surface area contributed by atoms with Gasteiger partial charge in [-0.2, -0.15) is 0 Å². The second-order valence-corrected chi connectivity index (χ2v) is 8.17. The van der Waals surface area contributed by atoms with Crippen LogP contribution in [0.15, 0.2) is 69.6 Å². The van der Waals surface area contributed by atoms with Gasteiger partial charge in [0.1, 0.15) is 10.5 Å². The maximum absolute atomic E-state index is 13.2. The summed E-state index contributed by atoms with van der Waals surface area (Å²) < 4.78 is 16.2. The maximum Gasteiger partial charge on any atom is 0.331 e. The van der Waals surface area contributed by atoms with E-state index in [1.54, 1.807) is 16.0 Å². The van der Waals surface area contributed by atoms with E-state index < -0.39 is 17.1 Å². The van der Waals surface area contributed by atoms with Gasteiger partial charge in [0, 0.05) is 18.7 Å². The highest BCUT2D eigenvalue weighted by Gasteiger charge is 2.15. The zero-order chi connectivity index (χ0) is 22.0. The summed E-state index contributed by atoms with van der Waals surface area (Å²) in [6.45, 7) is 2.26. The van der Waals surface area contributed by atoms with Gasteiger partial charge >= 0.3 is 5.69 Å². The van der Waals surface area contributed by atoms with Crippen LogP contribution in [0.2, 0.25) is 0 Å². The molecule has 8 heteroatoms. The summed E-state index contributed by atoms with van der Waals surface area (Å²) in [5.74, 6) is -0.766. The summed E-state index contributed by atoms with van der Waals surface area (Å²) in [7, 11) is 0. The SMILES string of the molecule is Cc1cccc(Cn2c(=O)n(CCC(=O)Nc3ccc(F)cc3)c(=O)c3sccc32)c1. The van der Waals surface area contributed by atoms with Crippen molar-refractivity contribution in [1.29, 1.82) is 0 Å². The number of nitrogens with one attached hydrogen (secondary N) is 1. The Morgan fingerprint density at radius 3 is 2.58 bits per heavy atom. The second kappa shape index (κ2) is 8.69. The molecule has 158 valence electrons. The van der Waals surface area contributed by atoms with Crippen LogP contribution in [-0.4, -0.2) is 15.0 Å². The van der Waals surface area contributed by atoms with E-state index in [0.29, 0.717) is 22.4 Å². The third-order valence-electron chi connectivity index (χ3n) is 4.95. The quantitative estimate of drug-likeness (QED) is 0.499. The Hall–Kier alpha value is -3.52. The molecule has 0 saturated carbocycles. The van der Waals surface area contributed by atoms with Crippen LogP contribution in [0.1, 0.15) is 17.5 Å². The van der Waals surface area contributed by atoms with Gasteiger partial charge in [-0.15, -0.1) is 11.3 Å². The number of rotatable bonds is 6. The fourth-order valence-electron chi connectivity index (χ4n) is 3.45. The van der Waals surface area contributed by atoms with Gasteiger partial charge in [0.05, 0.1) is 12.1 Å². The zero-order valence-electron chi connectivity index (χ0n) is 16.8. The molecule has 2 aromatic heterocycles. The number of carbonyl (C=O) groups is 1. The molecule has 0 saturated heterocycles. The highest BCUT2D eigenvalue weighted by atomic mass is 32.1. The average Bonchev–Trinajstić information content (AvgIpc) is 3.23. The minimum atomic E-state index is -0.452. The standard InChI is InChI=1S/C23H20FN3O3S/c1-15-3-2-4-16(13-15)14-27-19-10-12-31-21(19)22(29)26(23(27)30)11-9-20(28)25-18-7-5-17(24)6-8-18/h2-8,10,12-13H,9,11,14H2,1H3,(H,25,28). The molecule has 31 heavy (non-hydrogen) atoms. The number of fused-ring (bicyclic) bond motifs is 1. The van der Waals surface area contributed by atoms with Crippen LogP contribution in [0.25, 0.3) is 10.2 Å². The lowest BCUT2D eigenvalue weighted by atomic mass is 10.1. The van der Waals surface area contributed by atoms with Crippen LogP contribution >= 0.6 is 11.3 Å². The van der Waals surface area contributed by atoms with E-state index in [1.807, 2.05) is 31.2 Å². The minimum absolute atomic E-state index is 0.0493. The van der Waals surface area contributed by atoms with Gasteiger partial charge in [-0.25, -0.2) is 9.18 Å². The van der Waals surface area contributed by atoms with Crippen molar-refractivity contribution in [3.8, 4) is 0 Å². The summed E-state index contributed by atoms with van der Waals surface area (Å²) in [6, 6.07) is 15.0. The first-order chi connectivity index (χ1) is 14.9. The van der Waals surface area contributed by atoms with E-state index in [1.165, 1.54) is 35.6 Å². The molecular formula is C23H20FN3O3S. The lowest BCUT2D eigenvalue weighted by Crippen LogP contribution is -2.40. The molecule has 2 heterocycles. The van der Waals surface area contributed by atoms with Crippen LogP contribution in [-0.2, 0) is 17.9 Å². The van der Waals surface area contributed by atoms with Crippen molar-refractivity contribution in [2.45, 2.75) is 26.4 Å². The Bertz CT molecular complexity index is 1370. The van der Waals surface area contributed by atoms with Crippen LogP contribution in [0.5, 0.6) is 0 Å². The molecule has 0 aliphatic carbocycles. The number of halogens is 1. The smallest absolute Gasteiger partial charge is 0.326 e. The molecule has 0 atom stereocenters. The molecule has 0 spiro atoms. The highest BCUT2D eigenvalue weighted by molar-refractivity contribution is 7.17. The van der Waals surface area contributed by atoms with Gasteiger partial charge in [-0.1, -0.05) is 29.8 Å². The molecular weight excluding hydrogens is 417 g/mol. The van der Waals surface area contributed by atoms with Gasteiger partial charge in [-0.05, 0) is 48.2 Å². The number of benzene rings is 2. The Morgan fingerprint density at radius 1 is 1.06 bits per heavy atom. The van der Waals surface area contributed by atoms with Crippen molar-refractivity contribution in [1.82, 2.24) is 9.13 Å². The molecule has 4 aromatic rings. The molecule has 4 rings (SSSR count). The van der Waals surface area contributed by atoms with Gasteiger partial charge in [-0.3, -0.25) is 18.7 Å². The van der Waals surface area contributed by atoms with Gasteiger partial charge in [0.15, 0.2) is 0 Å². The Morgan fingerprint density at radius 2 is 1.84 bits per heavy atom. The number of hydrogen-bond donors (Lipinski definition) is 1. The number of carbonyl (C=O) groups excluding carboxylic acids is 1. The number of anilines is 1. The summed E-state index contributed by atoms with van der Waals surface area (Å²) in [5.41, 5.74) is 2.22. The van der Waals surface area contributed by atoms with Crippen LogP contribution in [0, 0.1) is 12.7 Å². The van der Waals surface area contributed by atoms with Crippen LogP contribution in [0.3, 0.4) is 0 Å². The molecule has 0 unspecified atom stereocenters. The number of amides is 1. The number of aromatic nitrogens is 2. The minimum Gasteiger partial charge on any atom is -0.326 e. The number of hydrogen-bond acceptors (Lipinski definition) is 4. The van der Waals surface area contributed by atoms with Crippen LogP contribution in [0.4, 0.5) is 10.1 Å². The molecule has 0 fully saturated rings. The predicted octanol–water partition coefficient (Wildman–Crippen LogP) is 3.75. The third-order valence-corrected chi connectivity index (χ3v) is 5.84. The molecule has 1 amide bonds. The zero-order valence-corrected chi connectivity index (χ0v) is 17.6. The fourth-order valence-corrected chi connectivity index (χ4v) is 4.29. The van der Waals surface area contributed by atoms with Crippen molar-refractivity contribution in [2.24, 2.45) is 0 Å². The van der Waals surface area contributed by atoms with Crippen molar-refractivity contribution in [2.75, 3.05) is 5.32 Å². The van der Waals surface area contributed by atoms with E-state index in [4.69, 9.17) is 0 Å². The van der Waals surface area contributed by atoms with E-state index in [2.05, 4.69) is 5.32 Å². The van der Waals surface area contributed by atoms with Crippen molar-refractivity contribution < 1.29 is 9.18 Å². The lowest BCUT2D eigenvalue weighted by Gasteiger charge is -2.13. The number of thiophene rings is 1. The van der Waals surface area contributed by atoms with Crippen molar-refractivity contribution in [3.05, 3.63) is 97.8 Å². The van der Waals surface area contributed by atoms with Gasteiger partial charge in [0.2, 0.25) is 5.91 Å². The lowest BCUT2D eigenvalue weighted by molar-refractivity contribution is -0.116. The van der Waals surface area contributed by atoms with Crippen LogP contribution < -0.4 is 16.6 Å². The average molecular weight is 437 g/mol. The predicted molar refractivity (Wildman–Crippen MR) is 120 cm³/mol. The summed E-state index contributed by atoms with van der Waals surface area (Å²) in [5, 5.41) is 4.43. The van der Waals surface area contributed by atoms with E-state index in [0.717, 1.165) is 15.7 Å². The number of aryl methyl sites for hydroxylation is 1. The Labute approximate surface area is 181 Å². The molecule has 1 N–H and O–H groups in total. The first-order valence-corrected chi connectivity index (χ1v) is 10.6. The van der Waals surface area contributed by atoms with E-state index >= 15 is 0 Å². The molecule has 0 aliphatic heterocycles.